The summed E-state index contributed by atoms with van der Waals surface area (Å²) in [5, 5.41) is 14.3. The Balaban J connectivity index is 1.40. The highest BCUT2D eigenvalue weighted by Gasteiger charge is 2.23. The van der Waals surface area contributed by atoms with Gasteiger partial charge < -0.3 is 14.8 Å². The van der Waals surface area contributed by atoms with Crippen LogP contribution in [0, 0.1) is 0 Å². The summed E-state index contributed by atoms with van der Waals surface area (Å²) in [4.78, 5) is 22.7. The molecule has 1 aromatic carbocycles. The third-order valence-electron chi connectivity index (χ3n) is 5.03. The zero-order valence-electron chi connectivity index (χ0n) is 15.4. The van der Waals surface area contributed by atoms with Gasteiger partial charge in [0.15, 0.2) is 5.82 Å². The van der Waals surface area contributed by atoms with Crippen LogP contribution in [-0.2, 0) is 13.0 Å². The molecule has 10 heteroatoms. The Morgan fingerprint density at radius 1 is 1.34 bits per heavy atom. The molecule has 4 heterocycles. The topological polar surface area (TPSA) is 116 Å². The largest absolute Gasteiger partial charge is 0.350 e. The molecule has 148 valence electrons. The van der Waals surface area contributed by atoms with E-state index in [2.05, 4.69) is 30.6 Å². The number of nitrogens with one attached hydrogen (secondary N) is 3. The Labute approximate surface area is 164 Å². The van der Waals surface area contributed by atoms with Gasteiger partial charge in [0.25, 0.3) is 5.91 Å². The van der Waals surface area contributed by atoms with Gasteiger partial charge in [-0.2, -0.15) is 5.10 Å². The number of halogens is 1. The second kappa shape index (κ2) is 7.13. The van der Waals surface area contributed by atoms with Crippen LogP contribution in [0.4, 0.5) is 10.1 Å². The molecule has 0 saturated heterocycles. The fraction of sp³-hybridized carbons (Fsp3) is 0.263. The van der Waals surface area contributed by atoms with Crippen molar-refractivity contribution in [3.63, 3.8) is 0 Å². The molecule has 0 atom stereocenters. The van der Waals surface area contributed by atoms with E-state index in [0.29, 0.717) is 41.2 Å². The SMILES string of the molecule is O=C(Nc1cn[nH]c1-c1nc2c([nH]1)CN(CCF)CC2)c1onc2ccccc12. The van der Waals surface area contributed by atoms with Crippen molar-refractivity contribution in [3.8, 4) is 11.5 Å². The average molecular weight is 395 g/mol. The quantitative estimate of drug-likeness (QED) is 0.478. The Morgan fingerprint density at radius 2 is 2.24 bits per heavy atom. The maximum Gasteiger partial charge on any atom is 0.295 e. The van der Waals surface area contributed by atoms with Crippen LogP contribution in [0.1, 0.15) is 21.9 Å². The maximum atomic E-state index is 12.7. The van der Waals surface area contributed by atoms with Gasteiger partial charge >= 0.3 is 0 Å². The van der Waals surface area contributed by atoms with Crippen LogP contribution in [0.5, 0.6) is 0 Å². The lowest BCUT2D eigenvalue weighted by molar-refractivity contribution is 0.0990. The van der Waals surface area contributed by atoms with Crippen LogP contribution >= 0.6 is 0 Å². The molecule has 1 aliphatic heterocycles. The number of amides is 1. The molecule has 1 aliphatic rings. The van der Waals surface area contributed by atoms with E-state index >= 15 is 0 Å². The fourth-order valence-corrected chi connectivity index (χ4v) is 3.57. The number of anilines is 1. The molecule has 0 fully saturated rings. The van der Waals surface area contributed by atoms with Gasteiger partial charge in [-0.15, -0.1) is 0 Å². The molecule has 0 aliphatic carbocycles. The number of aromatic amines is 2. The predicted octanol–water partition coefficient (Wildman–Crippen LogP) is 2.52. The van der Waals surface area contributed by atoms with Crippen molar-refractivity contribution in [1.82, 2.24) is 30.2 Å². The van der Waals surface area contributed by atoms with Crippen LogP contribution in [0.2, 0.25) is 0 Å². The van der Waals surface area contributed by atoms with Crippen molar-refractivity contribution in [2.75, 3.05) is 25.1 Å². The van der Waals surface area contributed by atoms with E-state index in [0.717, 1.165) is 24.4 Å². The molecule has 3 aromatic heterocycles. The highest BCUT2D eigenvalue weighted by Crippen LogP contribution is 2.27. The lowest BCUT2D eigenvalue weighted by Gasteiger charge is -2.24. The van der Waals surface area contributed by atoms with Crippen molar-refractivity contribution in [3.05, 3.63) is 47.6 Å². The second-order valence-corrected chi connectivity index (χ2v) is 6.87. The minimum absolute atomic E-state index is 0.133. The van der Waals surface area contributed by atoms with Crippen molar-refractivity contribution >= 4 is 22.5 Å². The lowest BCUT2D eigenvalue weighted by atomic mass is 10.1. The Morgan fingerprint density at radius 3 is 3.14 bits per heavy atom. The molecular formula is C19H18FN7O2. The minimum atomic E-state index is -0.424. The highest BCUT2D eigenvalue weighted by molar-refractivity contribution is 6.11. The molecule has 1 amide bonds. The van der Waals surface area contributed by atoms with Crippen LogP contribution in [0.15, 0.2) is 35.0 Å². The number of hydrogen-bond acceptors (Lipinski definition) is 6. The molecule has 0 unspecified atom stereocenters. The van der Waals surface area contributed by atoms with Crippen LogP contribution in [0.3, 0.4) is 0 Å². The molecule has 0 bridgehead atoms. The molecule has 29 heavy (non-hydrogen) atoms. The van der Waals surface area contributed by atoms with Gasteiger partial charge in [0, 0.05) is 26.1 Å². The minimum Gasteiger partial charge on any atom is -0.350 e. The number of carbonyl (C=O) groups excluding carboxylic acids is 1. The first-order valence-electron chi connectivity index (χ1n) is 9.28. The second-order valence-electron chi connectivity index (χ2n) is 6.87. The summed E-state index contributed by atoms with van der Waals surface area (Å²) in [5.41, 5.74) is 3.55. The lowest BCUT2D eigenvalue weighted by Crippen LogP contribution is -2.32. The fourth-order valence-electron chi connectivity index (χ4n) is 3.57. The van der Waals surface area contributed by atoms with Crippen molar-refractivity contribution in [2.45, 2.75) is 13.0 Å². The van der Waals surface area contributed by atoms with Crippen molar-refractivity contribution in [2.24, 2.45) is 0 Å². The number of carbonyl (C=O) groups is 1. The van der Waals surface area contributed by atoms with E-state index in [1.54, 1.807) is 12.1 Å². The third-order valence-corrected chi connectivity index (χ3v) is 5.03. The average Bonchev–Trinajstić information content (AvgIpc) is 3.45. The number of aromatic nitrogens is 5. The van der Waals surface area contributed by atoms with Crippen LogP contribution in [0.25, 0.3) is 22.4 Å². The zero-order valence-corrected chi connectivity index (χ0v) is 15.4. The molecule has 0 radical (unpaired) electrons. The summed E-state index contributed by atoms with van der Waals surface area (Å²) < 4.78 is 17.9. The molecule has 0 spiro atoms. The van der Waals surface area contributed by atoms with E-state index in [1.807, 2.05) is 17.0 Å². The zero-order chi connectivity index (χ0) is 19.8. The summed E-state index contributed by atoms with van der Waals surface area (Å²) in [5.74, 6) is 0.285. The summed E-state index contributed by atoms with van der Waals surface area (Å²) in [7, 11) is 0. The number of nitrogens with zero attached hydrogens (tertiary/aromatic N) is 4. The van der Waals surface area contributed by atoms with Crippen molar-refractivity contribution in [1.29, 1.82) is 0 Å². The number of imidazole rings is 1. The third kappa shape index (κ3) is 3.17. The molecule has 5 rings (SSSR count). The number of rotatable bonds is 5. The monoisotopic (exact) mass is 395 g/mol. The van der Waals surface area contributed by atoms with Gasteiger partial charge in [-0.1, -0.05) is 17.3 Å². The van der Waals surface area contributed by atoms with Crippen LogP contribution < -0.4 is 5.32 Å². The summed E-state index contributed by atoms with van der Waals surface area (Å²) in [6.45, 7) is 1.42. The summed E-state index contributed by atoms with van der Waals surface area (Å²) in [6, 6.07) is 7.20. The van der Waals surface area contributed by atoms with Gasteiger partial charge in [0.05, 0.1) is 28.7 Å². The maximum absolute atomic E-state index is 12.7. The van der Waals surface area contributed by atoms with Crippen molar-refractivity contribution < 1.29 is 13.7 Å². The number of benzene rings is 1. The van der Waals surface area contributed by atoms with Crippen LogP contribution in [-0.4, -0.2) is 55.9 Å². The standard InChI is InChI=1S/C19H18FN7O2/c20-6-8-27-7-5-13-15(10-27)23-18(22-13)16-14(9-21-25-16)24-19(28)17-11-3-1-2-4-12(11)26-29-17/h1-4,9H,5-8,10H2,(H,21,25)(H,22,23)(H,24,28). The van der Waals surface area contributed by atoms with E-state index < -0.39 is 5.91 Å². The summed E-state index contributed by atoms with van der Waals surface area (Å²) in [6.07, 6.45) is 2.26. The number of alkyl halides is 1. The van der Waals surface area contributed by atoms with Gasteiger partial charge in [-0.05, 0) is 12.1 Å². The van der Waals surface area contributed by atoms with Gasteiger partial charge in [-0.25, -0.2) is 9.37 Å². The van der Waals surface area contributed by atoms with E-state index in [9.17, 15) is 9.18 Å². The van der Waals surface area contributed by atoms with E-state index in [4.69, 9.17) is 4.52 Å². The highest BCUT2D eigenvalue weighted by atomic mass is 19.1. The molecule has 0 saturated carbocycles. The predicted molar refractivity (Wildman–Crippen MR) is 103 cm³/mol. The van der Waals surface area contributed by atoms with E-state index in [-0.39, 0.29) is 12.4 Å². The van der Waals surface area contributed by atoms with Gasteiger partial charge in [0.1, 0.15) is 17.9 Å². The Hall–Kier alpha value is -3.53. The molecule has 3 N–H and O–H groups in total. The molecule has 4 aromatic rings. The number of hydrogen-bond donors (Lipinski definition) is 3. The first-order valence-corrected chi connectivity index (χ1v) is 9.28. The molecular weight excluding hydrogens is 377 g/mol. The first-order chi connectivity index (χ1) is 14.2. The van der Waals surface area contributed by atoms with Gasteiger partial charge in [-0.3, -0.25) is 14.8 Å². The summed E-state index contributed by atoms with van der Waals surface area (Å²) >= 11 is 0. The Kier molecular flexibility index (Phi) is 4.32. The van der Waals surface area contributed by atoms with Gasteiger partial charge in [0.2, 0.25) is 5.76 Å². The normalized spacial score (nSPS) is 14.2. The Bertz CT molecular complexity index is 1180. The first kappa shape index (κ1) is 17.6. The smallest absolute Gasteiger partial charge is 0.295 e. The molecule has 9 nitrogen and oxygen atoms in total. The van der Waals surface area contributed by atoms with E-state index in [1.165, 1.54) is 6.20 Å². The number of fused-ring (bicyclic) bond motifs is 2. The number of H-pyrrole nitrogens is 2.